The van der Waals surface area contributed by atoms with Crippen molar-refractivity contribution in [2.75, 3.05) is 39.3 Å². The second-order valence-corrected chi connectivity index (χ2v) is 7.85. The number of benzene rings is 1. The second-order valence-electron chi connectivity index (χ2n) is 6.81. The Labute approximate surface area is 189 Å². The zero-order valence-electron chi connectivity index (χ0n) is 16.3. The predicted octanol–water partition coefficient (Wildman–Crippen LogP) is 3.53. The molecule has 2 heterocycles. The SMILES string of the molecule is I.NC(=NCCc1cccs1)NCCc1ccc(OCCN2CCCC2)cc1. The van der Waals surface area contributed by atoms with Gasteiger partial charge in [-0.25, -0.2) is 0 Å². The highest BCUT2D eigenvalue weighted by Crippen LogP contribution is 2.13. The number of nitrogens with two attached hydrogens (primary N) is 1. The maximum atomic E-state index is 5.93. The highest BCUT2D eigenvalue weighted by atomic mass is 127. The van der Waals surface area contributed by atoms with E-state index in [0.29, 0.717) is 5.96 Å². The summed E-state index contributed by atoms with van der Waals surface area (Å²) in [7, 11) is 0. The number of hydrogen-bond donors (Lipinski definition) is 2. The summed E-state index contributed by atoms with van der Waals surface area (Å²) in [5, 5.41) is 5.27. The molecule has 0 amide bonds. The summed E-state index contributed by atoms with van der Waals surface area (Å²) in [5.74, 6) is 1.47. The van der Waals surface area contributed by atoms with Crippen molar-refractivity contribution in [3.05, 3.63) is 52.2 Å². The Hall–Kier alpha value is -1.32. The van der Waals surface area contributed by atoms with Crippen LogP contribution in [0.5, 0.6) is 5.75 Å². The number of rotatable bonds is 10. The Morgan fingerprint density at radius 2 is 1.93 bits per heavy atom. The average molecular weight is 514 g/mol. The third-order valence-corrected chi connectivity index (χ3v) is 5.67. The van der Waals surface area contributed by atoms with Gasteiger partial charge in [0.05, 0.1) is 0 Å². The lowest BCUT2D eigenvalue weighted by atomic mass is 10.1. The molecule has 28 heavy (non-hydrogen) atoms. The molecule has 1 aliphatic rings. The minimum Gasteiger partial charge on any atom is -0.492 e. The molecule has 0 unspecified atom stereocenters. The number of likely N-dealkylation sites (tertiary alicyclic amines) is 1. The summed E-state index contributed by atoms with van der Waals surface area (Å²) in [6.07, 6.45) is 4.51. The van der Waals surface area contributed by atoms with Gasteiger partial charge in [0.2, 0.25) is 0 Å². The van der Waals surface area contributed by atoms with Gasteiger partial charge in [-0.1, -0.05) is 18.2 Å². The van der Waals surface area contributed by atoms with Crippen LogP contribution in [0.15, 0.2) is 46.8 Å². The van der Waals surface area contributed by atoms with Gasteiger partial charge >= 0.3 is 0 Å². The summed E-state index contributed by atoms with van der Waals surface area (Å²) in [4.78, 5) is 8.18. The van der Waals surface area contributed by atoms with Crippen LogP contribution in [0, 0.1) is 0 Å². The molecule has 0 saturated carbocycles. The number of aliphatic imine (C=N–C) groups is 1. The van der Waals surface area contributed by atoms with Gasteiger partial charge in [0, 0.05) is 30.9 Å². The summed E-state index contributed by atoms with van der Waals surface area (Å²) in [6.45, 7) is 5.73. The fraction of sp³-hybridized carbons (Fsp3) is 0.476. The van der Waals surface area contributed by atoms with Gasteiger partial charge in [-0.15, -0.1) is 35.3 Å². The number of hydrogen-bond acceptors (Lipinski definition) is 4. The van der Waals surface area contributed by atoms with Crippen molar-refractivity contribution >= 4 is 41.3 Å². The van der Waals surface area contributed by atoms with E-state index >= 15 is 0 Å². The maximum Gasteiger partial charge on any atom is 0.188 e. The maximum absolute atomic E-state index is 5.93. The standard InChI is InChI=1S/C21H30N4OS.HI/c22-21(24-12-10-20-4-3-17-27-20)23-11-9-18-5-7-19(8-6-18)26-16-15-25-13-1-2-14-25;/h3-8,17H,1-2,9-16H2,(H3,22,23,24);1H. The van der Waals surface area contributed by atoms with Crippen LogP contribution in [-0.4, -0.2) is 50.2 Å². The molecule has 1 aromatic carbocycles. The number of nitrogens with one attached hydrogen (secondary N) is 1. The summed E-state index contributed by atoms with van der Waals surface area (Å²) >= 11 is 1.76. The minimum atomic E-state index is 0. The number of halogens is 1. The average Bonchev–Trinajstić information content (AvgIpc) is 3.37. The van der Waals surface area contributed by atoms with Gasteiger partial charge in [0.25, 0.3) is 0 Å². The number of thiophene rings is 1. The van der Waals surface area contributed by atoms with E-state index in [1.54, 1.807) is 11.3 Å². The molecule has 1 fully saturated rings. The Balaban J connectivity index is 0.00000280. The van der Waals surface area contributed by atoms with Crippen molar-refractivity contribution in [1.82, 2.24) is 10.2 Å². The molecule has 0 spiro atoms. The van der Waals surface area contributed by atoms with Crippen LogP contribution in [0.1, 0.15) is 23.3 Å². The Morgan fingerprint density at radius 1 is 1.14 bits per heavy atom. The van der Waals surface area contributed by atoms with Gasteiger partial charge in [-0.3, -0.25) is 9.89 Å². The topological polar surface area (TPSA) is 62.9 Å². The van der Waals surface area contributed by atoms with Crippen molar-refractivity contribution in [3.63, 3.8) is 0 Å². The number of nitrogens with zero attached hydrogens (tertiary/aromatic N) is 2. The smallest absolute Gasteiger partial charge is 0.188 e. The van der Waals surface area contributed by atoms with E-state index < -0.39 is 0 Å². The Morgan fingerprint density at radius 3 is 2.64 bits per heavy atom. The molecule has 0 aliphatic carbocycles. The van der Waals surface area contributed by atoms with Crippen LogP contribution < -0.4 is 15.8 Å². The van der Waals surface area contributed by atoms with E-state index in [1.165, 1.54) is 36.4 Å². The highest BCUT2D eigenvalue weighted by Gasteiger charge is 2.10. The van der Waals surface area contributed by atoms with Crippen LogP contribution in [0.3, 0.4) is 0 Å². The largest absolute Gasteiger partial charge is 0.492 e. The third-order valence-electron chi connectivity index (χ3n) is 4.74. The number of ether oxygens (including phenoxy) is 1. The normalized spacial score (nSPS) is 14.6. The monoisotopic (exact) mass is 514 g/mol. The summed E-state index contributed by atoms with van der Waals surface area (Å²) < 4.78 is 5.84. The van der Waals surface area contributed by atoms with Crippen LogP contribution in [-0.2, 0) is 12.8 Å². The van der Waals surface area contributed by atoms with Crippen molar-refractivity contribution in [1.29, 1.82) is 0 Å². The van der Waals surface area contributed by atoms with Gasteiger partial charge in [0.15, 0.2) is 5.96 Å². The first kappa shape index (κ1) is 23.0. The molecule has 5 nitrogen and oxygen atoms in total. The van der Waals surface area contributed by atoms with Gasteiger partial charge in [0.1, 0.15) is 12.4 Å². The lowest BCUT2D eigenvalue weighted by molar-refractivity contribution is 0.238. The molecular weight excluding hydrogens is 483 g/mol. The van der Waals surface area contributed by atoms with E-state index in [1.807, 2.05) is 0 Å². The quantitative estimate of drug-likeness (QED) is 0.289. The van der Waals surface area contributed by atoms with Crippen LogP contribution >= 0.6 is 35.3 Å². The molecule has 1 saturated heterocycles. The van der Waals surface area contributed by atoms with Gasteiger partial charge < -0.3 is 15.8 Å². The zero-order valence-corrected chi connectivity index (χ0v) is 19.5. The van der Waals surface area contributed by atoms with Gasteiger partial charge in [-0.2, -0.15) is 0 Å². The summed E-state index contributed by atoms with van der Waals surface area (Å²) in [6, 6.07) is 12.5. The van der Waals surface area contributed by atoms with Gasteiger partial charge in [-0.05, 0) is 61.5 Å². The second kappa shape index (κ2) is 13.0. The Kier molecular flexibility index (Phi) is 10.7. The van der Waals surface area contributed by atoms with E-state index in [4.69, 9.17) is 10.5 Å². The van der Waals surface area contributed by atoms with Crippen LogP contribution in [0.25, 0.3) is 0 Å². The zero-order chi connectivity index (χ0) is 18.7. The first-order valence-electron chi connectivity index (χ1n) is 9.80. The Bertz CT molecular complexity index is 685. The molecule has 0 atom stereocenters. The van der Waals surface area contributed by atoms with Crippen molar-refractivity contribution in [3.8, 4) is 5.75 Å². The fourth-order valence-electron chi connectivity index (χ4n) is 3.18. The fourth-order valence-corrected chi connectivity index (χ4v) is 3.88. The summed E-state index contributed by atoms with van der Waals surface area (Å²) in [5.41, 5.74) is 7.19. The van der Waals surface area contributed by atoms with Crippen molar-refractivity contribution in [2.24, 2.45) is 10.7 Å². The van der Waals surface area contributed by atoms with Crippen LogP contribution in [0.4, 0.5) is 0 Å². The minimum absolute atomic E-state index is 0. The molecular formula is C21H31IN4OS. The molecule has 1 aromatic heterocycles. The third kappa shape index (κ3) is 8.36. The first-order valence-corrected chi connectivity index (χ1v) is 10.7. The van der Waals surface area contributed by atoms with E-state index in [-0.39, 0.29) is 24.0 Å². The van der Waals surface area contributed by atoms with Crippen molar-refractivity contribution < 1.29 is 4.74 Å². The first-order chi connectivity index (χ1) is 13.3. The van der Waals surface area contributed by atoms with E-state index in [0.717, 1.165) is 44.8 Å². The molecule has 0 bridgehead atoms. The lowest BCUT2D eigenvalue weighted by Crippen LogP contribution is -2.33. The van der Waals surface area contributed by atoms with E-state index in [2.05, 4.69) is 57.0 Å². The predicted molar refractivity (Wildman–Crippen MR) is 129 cm³/mol. The van der Waals surface area contributed by atoms with E-state index in [9.17, 15) is 0 Å². The molecule has 2 aromatic rings. The van der Waals surface area contributed by atoms with Crippen molar-refractivity contribution in [2.45, 2.75) is 25.7 Å². The molecule has 7 heteroatoms. The molecule has 3 rings (SSSR count). The molecule has 154 valence electrons. The molecule has 0 radical (unpaired) electrons. The van der Waals surface area contributed by atoms with Crippen LogP contribution in [0.2, 0.25) is 0 Å². The lowest BCUT2D eigenvalue weighted by Gasteiger charge is -2.15. The molecule has 3 N–H and O–H groups in total. The highest BCUT2D eigenvalue weighted by molar-refractivity contribution is 14.0. The molecule has 1 aliphatic heterocycles. The number of guanidine groups is 1.